The van der Waals surface area contributed by atoms with Crippen LogP contribution in [0.5, 0.6) is 0 Å². The zero-order valence-corrected chi connectivity index (χ0v) is 24.9. The van der Waals surface area contributed by atoms with Crippen LogP contribution >= 0.6 is 0 Å². The SMILES string of the molecule is C=C.CC(O)C(CC(C)(C)CF)C1CCCC(C(C)(C)C(C)(C)CC(C)(C)C)C1.CCCC. The fourth-order valence-electron chi connectivity index (χ4n) is 5.80. The Kier molecular flexibility index (Phi) is 15.7. The highest BCUT2D eigenvalue weighted by Gasteiger charge is 2.47. The third kappa shape index (κ3) is 12.2. The van der Waals surface area contributed by atoms with E-state index in [1.807, 2.05) is 20.8 Å². The van der Waals surface area contributed by atoms with Crippen LogP contribution in [0.2, 0.25) is 0 Å². The van der Waals surface area contributed by atoms with Crippen LogP contribution in [-0.2, 0) is 0 Å². The summed E-state index contributed by atoms with van der Waals surface area (Å²) in [7, 11) is 0. The molecule has 0 aromatic rings. The number of rotatable bonds is 9. The van der Waals surface area contributed by atoms with Gasteiger partial charge in [-0.2, -0.15) is 0 Å². The van der Waals surface area contributed by atoms with Crippen molar-refractivity contribution in [1.82, 2.24) is 0 Å². The maximum absolute atomic E-state index is 13.5. The predicted molar refractivity (Wildman–Crippen MR) is 148 cm³/mol. The van der Waals surface area contributed by atoms with Crippen LogP contribution in [0.4, 0.5) is 4.39 Å². The number of unbranched alkanes of at least 4 members (excludes halogenated alkanes) is 1. The van der Waals surface area contributed by atoms with Crippen LogP contribution < -0.4 is 0 Å². The van der Waals surface area contributed by atoms with Crippen molar-refractivity contribution >= 4 is 0 Å². The molecule has 0 amide bonds. The van der Waals surface area contributed by atoms with Crippen LogP contribution in [-0.4, -0.2) is 17.9 Å². The highest BCUT2D eigenvalue weighted by atomic mass is 19.1. The zero-order chi connectivity index (χ0) is 26.7. The first-order valence-electron chi connectivity index (χ1n) is 13.7. The summed E-state index contributed by atoms with van der Waals surface area (Å²) in [5.41, 5.74) is 0.492. The largest absolute Gasteiger partial charge is 0.393 e. The number of halogens is 1. The highest BCUT2D eigenvalue weighted by Crippen LogP contribution is 2.55. The summed E-state index contributed by atoms with van der Waals surface area (Å²) in [6, 6.07) is 0. The van der Waals surface area contributed by atoms with E-state index in [4.69, 9.17) is 0 Å². The van der Waals surface area contributed by atoms with Crippen molar-refractivity contribution in [2.24, 2.45) is 39.4 Å². The standard InChI is InChI=1S/C25H49FO.C4H10.C2H4/c1-18(27)21(15-23(5,6)17-26)19-12-11-13-20(14-19)25(9,10)24(7,8)16-22(2,3)4;1-3-4-2;1-2/h18-21,27H,11-17H2,1-10H3;3-4H2,1-2H3;1-2H2. The van der Waals surface area contributed by atoms with E-state index in [9.17, 15) is 9.50 Å². The van der Waals surface area contributed by atoms with Gasteiger partial charge in [0.25, 0.3) is 0 Å². The lowest BCUT2D eigenvalue weighted by Crippen LogP contribution is -2.44. The van der Waals surface area contributed by atoms with E-state index in [1.165, 1.54) is 44.9 Å². The van der Waals surface area contributed by atoms with Gasteiger partial charge in [0, 0.05) is 0 Å². The predicted octanol–water partition coefficient (Wildman–Crippen LogP) is 10.3. The fraction of sp³-hybridized carbons (Fsp3) is 0.935. The molecule has 1 aliphatic rings. The molecule has 1 rings (SSSR count). The number of hydrogen-bond acceptors (Lipinski definition) is 1. The van der Waals surface area contributed by atoms with Gasteiger partial charge in [0.15, 0.2) is 0 Å². The normalized spacial score (nSPS) is 21.8. The molecule has 0 saturated heterocycles. The lowest BCUT2D eigenvalue weighted by atomic mass is 9.53. The Labute approximate surface area is 209 Å². The highest BCUT2D eigenvalue weighted by molar-refractivity contribution is 4.96. The van der Waals surface area contributed by atoms with Crippen molar-refractivity contribution in [2.45, 2.75) is 141 Å². The molecule has 0 radical (unpaired) electrons. The van der Waals surface area contributed by atoms with Crippen molar-refractivity contribution in [3.63, 3.8) is 0 Å². The Bertz CT molecular complexity index is 496. The van der Waals surface area contributed by atoms with Gasteiger partial charge in [0.05, 0.1) is 12.8 Å². The Hall–Kier alpha value is -0.370. The number of hydrogen-bond donors (Lipinski definition) is 1. The monoisotopic (exact) mass is 470 g/mol. The van der Waals surface area contributed by atoms with Gasteiger partial charge >= 0.3 is 0 Å². The van der Waals surface area contributed by atoms with E-state index >= 15 is 0 Å². The molecule has 1 fully saturated rings. The summed E-state index contributed by atoms with van der Waals surface area (Å²) < 4.78 is 13.5. The summed E-state index contributed by atoms with van der Waals surface area (Å²) in [5.74, 6) is 1.39. The van der Waals surface area contributed by atoms with Crippen molar-refractivity contribution in [3.05, 3.63) is 13.2 Å². The average Bonchev–Trinajstić information content (AvgIpc) is 2.71. The first-order valence-corrected chi connectivity index (χ1v) is 13.7. The maximum atomic E-state index is 13.5. The quantitative estimate of drug-likeness (QED) is 0.332. The molecule has 2 heteroatoms. The minimum absolute atomic E-state index is 0.208. The summed E-state index contributed by atoms with van der Waals surface area (Å²) in [6.45, 7) is 32.8. The average molecular weight is 471 g/mol. The molecule has 4 unspecified atom stereocenters. The molecule has 200 valence electrons. The second kappa shape index (κ2) is 14.9. The van der Waals surface area contributed by atoms with Gasteiger partial charge in [-0.15, -0.1) is 13.2 Å². The van der Waals surface area contributed by atoms with Gasteiger partial charge in [0.1, 0.15) is 0 Å². The van der Waals surface area contributed by atoms with Gasteiger partial charge in [-0.25, -0.2) is 0 Å². The molecule has 1 aliphatic carbocycles. The Morgan fingerprint density at radius 1 is 0.909 bits per heavy atom. The Morgan fingerprint density at radius 2 is 1.39 bits per heavy atom. The molecule has 1 nitrogen and oxygen atoms in total. The summed E-state index contributed by atoms with van der Waals surface area (Å²) >= 11 is 0. The van der Waals surface area contributed by atoms with Crippen LogP contribution in [0, 0.1) is 39.4 Å². The lowest BCUT2D eigenvalue weighted by molar-refractivity contribution is -0.0400. The van der Waals surface area contributed by atoms with Crippen molar-refractivity contribution < 1.29 is 9.50 Å². The number of alkyl halides is 1. The molecule has 1 saturated carbocycles. The first kappa shape index (κ1) is 34.8. The van der Waals surface area contributed by atoms with Crippen LogP contribution in [0.1, 0.15) is 134 Å². The minimum atomic E-state index is -0.356. The Morgan fingerprint density at radius 3 is 1.76 bits per heavy atom. The molecule has 0 bridgehead atoms. The number of aliphatic hydroxyl groups is 1. The third-order valence-electron chi connectivity index (χ3n) is 8.33. The van der Waals surface area contributed by atoms with Gasteiger partial charge in [-0.3, -0.25) is 4.39 Å². The molecular weight excluding hydrogens is 407 g/mol. The van der Waals surface area contributed by atoms with Crippen LogP contribution in [0.15, 0.2) is 13.2 Å². The molecule has 0 spiro atoms. The van der Waals surface area contributed by atoms with E-state index in [-0.39, 0.29) is 34.9 Å². The summed E-state index contributed by atoms with van der Waals surface area (Å²) in [4.78, 5) is 0. The van der Waals surface area contributed by atoms with E-state index in [0.717, 1.165) is 6.42 Å². The second-order valence-electron chi connectivity index (χ2n) is 13.9. The van der Waals surface area contributed by atoms with E-state index in [2.05, 4.69) is 75.5 Å². The maximum Gasteiger partial charge on any atom is 0.0945 e. The number of aliphatic hydroxyl groups excluding tert-OH is 1. The van der Waals surface area contributed by atoms with Crippen LogP contribution in [0.25, 0.3) is 0 Å². The molecule has 4 atom stereocenters. The fourth-order valence-corrected chi connectivity index (χ4v) is 5.80. The van der Waals surface area contributed by atoms with Gasteiger partial charge < -0.3 is 5.11 Å². The summed E-state index contributed by atoms with van der Waals surface area (Å²) in [6.07, 6.45) is 9.17. The molecule has 0 aromatic carbocycles. The Balaban J connectivity index is 0. The van der Waals surface area contributed by atoms with E-state index < -0.39 is 0 Å². The van der Waals surface area contributed by atoms with Crippen molar-refractivity contribution in [1.29, 1.82) is 0 Å². The second-order valence-corrected chi connectivity index (χ2v) is 13.9. The smallest absolute Gasteiger partial charge is 0.0945 e. The van der Waals surface area contributed by atoms with Crippen molar-refractivity contribution in [2.75, 3.05) is 6.67 Å². The molecular formula is C31H63FO. The third-order valence-corrected chi connectivity index (χ3v) is 8.33. The van der Waals surface area contributed by atoms with Gasteiger partial charge in [-0.05, 0) is 72.0 Å². The topological polar surface area (TPSA) is 20.2 Å². The van der Waals surface area contributed by atoms with Crippen LogP contribution in [0.3, 0.4) is 0 Å². The van der Waals surface area contributed by atoms with Crippen molar-refractivity contribution in [3.8, 4) is 0 Å². The molecule has 33 heavy (non-hydrogen) atoms. The lowest BCUT2D eigenvalue weighted by Gasteiger charge is -2.53. The zero-order valence-electron chi connectivity index (χ0n) is 24.9. The van der Waals surface area contributed by atoms with Gasteiger partial charge in [0.2, 0.25) is 0 Å². The molecule has 0 heterocycles. The van der Waals surface area contributed by atoms with Gasteiger partial charge in [-0.1, -0.05) is 102 Å². The molecule has 1 N–H and O–H groups in total. The summed E-state index contributed by atoms with van der Waals surface area (Å²) in [5, 5.41) is 10.5. The first-order chi connectivity index (χ1) is 14.9. The molecule has 0 aromatic heterocycles. The molecule has 0 aliphatic heterocycles. The minimum Gasteiger partial charge on any atom is -0.393 e. The van der Waals surface area contributed by atoms with E-state index in [0.29, 0.717) is 17.3 Å². The van der Waals surface area contributed by atoms with E-state index in [1.54, 1.807) is 0 Å².